The van der Waals surface area contributed by atoms with E-state index in [-0.39, 0.29) is 24.4 Å². The summed E-state index contributed by atoms with van der Waals surface area (Å²) >= 11 is 0. The molecule has 0 rings (SSSR count). The highest BCUT2D eigenvalue weighted by molar-refractivity contribution is 5.85. The molecule has 0 aromatic carbocycles. The molecular weight excluding hydrogens is 190 g/mol. The van der Waals surface area contributed by atoms with Crippen molar-refractivity contribution in [2.75, 3.05) is 6.61 Å². The second-order valence-corrected chi connectivity index (χ2v) is 3.25. The minimum Gasteiger partial charge on any atom is -0.466 e. The summed E-state index contributed by atoms with van der Waals surface area (Å²) in [4.78, 5) is 10.9. The van der Waals surface area contributed by atoms with Gasteiger partial charge >= 0.3 is 5.97 Å². The molecule has 0 unspecified atom stereocenters. The van der Waals surface area contributed by atoms with Crippen LogP contribution in [0.4, 0.5) is 0 Å². The largest absolute Gasteiger partial charge is 0.466 e. The Labute approximate surface area is 86.4 Å². The fourth-order valence-corrected chi connectivity index (χ4v) is 0.851. The Morgan fingerprint density at radius 2 is 2.00 bits per heavy atom. The average Bonchev–Trinajstić information content (AvgIpc) is 2.00. The van der Waals surface area contributed by atoms with Crippen molar-refractivity contribution >= 4 is 18.4 Å². The first-order valence-corrected chi connectivity index (χ1v) is 4.49. The Balaban J connectivity index is 0. The molecule has 0 aliphatic rings. The topological polar surface area (TPSA) is 52.3 Å². The first kappa shape index (κ1) is 15.2. The van der Waals surface area contributed by atoms with Crippen LogP contribution in [0.25, 0.3) is 0 Å². The van der Waals surface area contributed by atoms with Gasteiger partial charge in [0.2, 0.25) is 0 Å². The summed E-state index contributed by atoms with van der Waals surface area (Å²) in [5, 5.41) is 0. The van der Waals surface area contributed by atoms with Crippen LogP contribution in [0.15, 0.2) is 0 Å². The predicted molar refractivity (Wildman–Crippen MR) is 55.9 cm³/mol. The lowest BCUT2D eigenvalue weighted by molar-refractivity contribution is -0.143. The van der Waals surface area contributed by atoms with Crippen LogP contribution in [0, 0.1) is 5.92 Å². The van der Waals surface area contributed by atoms with Crippen molar-refractivity contribution in [2.24, 2.45) is 11.7 Å². The molecule has 0 amide bonds. The summed E-state index contributed by atoms with van der Waals surface area (Å²) in [7, 11) is 0. The average molecular weight is 210 g/mol. The van der Waals surface area contributed by atoms with E-state index < -0.39 is 0 Å². The van der Waals surface area contributed by atoms with Gasteiger partial charge in [0.05, 0.1) is 6.61 Å². The molecule has 2 N–H and O–H groups in total. The van der Waals surface area contributed by atoms with Gasteiger partial charge in [-0.2, -0.15) is 0 Å². The van der Waals surface area contributed by atoms with Gasteiger partial charge in [0, 0.05) is 12.5 Å². The fourth-order valence-electron chi connectivity index (χ4n) is 0.851. The van der Waals surface area contributed by atoms with Gasteiger partial charge in [-0.15, -0.1) is 12.4 Å². The highest BCUT2D eigenvalue weighted by Crippen LogP contribution is 2.05. The van der Waals surface area contributed by atoms with E-state index in [0.717, 1.165) is 6.42 Å². The third kappa shape index (κ3) is 8.06. The van der Waals surface area contributed by atoms with Gasteiger partial charge in [-0.05, 0) is 19.3 Å². The van der Waals surface area contributed by atoms with E-state index in [1.54, 1.807) is 6.92 Å². The van der Waals surface area contributed by atoms with Gasteiger partial charge in [0.25, 0.3) is 0 Å². The smallest absolute Gasteiger partial charge is 0.305 e. The van der Waals surface area contributed by atoms with E-state index in [1.165, 1.54) is 0 Å². The van der Waals surface area contributed by atoms with Crippen molar-refractivity contribution in [1.29, 1.82) is 0 Å². The number of carbonyl (C=O) groups is 1. The number of rotatable bonds is 5. The van der Waals surface area contributed by atoms with Crippen molar-refractivity contribution in [3.05, 3.63) is 0 Å². The van der Waals surface area contributed by atoms with Gasteiger partial charge in [0.1, 0.15) is 0 Å². The zero-order valence-electron chi connectivity index (χ0n) is 8.58. The Morgan fingerprint density at radius 1 is 1.46 bits per heavy atom. The number of nitrogens with two attached hydrogens (primary N) is 1. The highest BCUT2D eigenvalue weighted by atomic mass is 35.5. The maximum atomic E-state index is 10.9. The number of esters is 1. The molecule has 13 heavy (non-hydrogen) atoms. The lowest BCUT2D eigenvalue weighted by atomic mass is 10.0. The molecule has 0 saturated heterocycles. The van der Waals surface area contributed by atoms with Crippen LogP contribution >= 0.6 is 12.4 Å². The fraction of sp³-hybridized carbons (Fsp3) is 0.889. The summed E-state index contributed by atoms with van der Waals surface area (Å²) in [5.74, 6) is 0.285. The van der Waals surface area contributed by atoms with Gasteiger partial charge in [-0.1, -0.05) is 13.8 Å². The van der Waals surface area contributed by atoms with E-state index >= 15 is 0 Å². The van der Waals surface area contributed by atoms with Crippen LogP contribution < -0.4 is 5.73 Å². The normalized spacial score (nSPS) is 12.1. The Morgan fingerprint density at radius 3 is 2.38 bits per heavy atom. The first-order valence-electron chi connectivity index (χ1n) is 4.49. The van der Waals surface area contributed by atoms with Crippen molar-refractivity contribution in [1.82, 2.24) is 0 Å². The van der Waals surface area contributed by atoms with E-state index in [4.69, 9.17) is 10.5 Å². The number of hydrogen-bond acceptors (Lipinski definition) is 3. The lowest BCUT2D eigenvalue weighted by Crippen LogP contribution is -2.27. The molecule has 0 heterocycles. The second kappa shape index (κ2) is 8.32. The maximum Gasteiger partial charge on any atom is 0.305 e. The molecule has 1 atom stereocenters. The predicted octanol–water partition coefficient (Wildman–Crippen LogP) is 1.73. The van der Waals surface area contributed by atoms with Crippen LogP contribution in [-0.2, 0) is 9.53 Å². The van der Waals surface area contributed by atoms with Gasteiger partial charge in [-0.3, -0.25) is 4.79 Å². The minimum atomic E-state index is -0.145. The van der Waals surface area contributed by atoms with Crippen LogP contribution in [0.1, 0.15) is 33.6 Å². The van der Waals surface area contributed by atoms with E-state index in [1.807, 2.05) is 0 Å². The van der Waals surface area contributed by atoms with Crippen molar-refractivity contribution in [2.45, 2.75) is 39.7 Å². The molecule has 0 aliphatic carbocycles. The summed E-state index contributed by atoms with van der Waals surface area (Å²) in [6, 6.07) is 0.106. The van der Waals surface area contributed by atoms with Gasteiger partial charge in [-0.25, -0.2) is 0 Å². The third-order valence-electron chi connectivity index (χ3n) is 1.84. The standard InChI is InChI=1S/C9H19NO2.ClH/c1-4-12-9(11)6-5-8(10)7(2)3;/h7-8H,4-6,10H2,1-3H3;1H/t8-;/m0./s1. The summed E-state index contributed by atoms with van der Waals surface area (Å²) < 4.78 is 4.78. The zero-order chi connectivity index (χ0) is 9.56. The Hall–Kier alpha value is -0.280. The van der Waals surface area contributed by atoms with Crippen molar-refractivity contribution in [3.63, 3.8) is 0 Å². The molecule has 4 heteroatoms. The van der Waals surface area contributed by atoms with Crippen LogP contribution in [0.2, 0.25) is 0 Å². The summed E-state index contributed by atoms with van der Waals surface area (Å²) in [6.07, 6.45) is 1.16. The summed E-state index contributed by atoms with van der Waals surface area (Å²) in [6.45, 7) is 6.36. The molecule has 0 aromatic heterocycles. The van der Waals surface area contributed by atoms with Crippen molar-refractivity contribution in [3.8, 4) is 0 Å². The third-order valence-corrected chi connectivity index (χ3v) is 1.84. The molecule has 0 bridgehead atoms. The molecule has 0 radical (unpaired) electrons. The molecule has 0 aromatic rings. The zero-order valence-corrected chi connectivity index (χ0v) is 9.39. The molecule has 0 aliphatic heterocycles. The number of hydrogen-bond donors (Lipinski definition) is 1. The van der Waals surface area contributed by atoms with Crippen LogP contribution in [0.3, 0.4) is 0 Å². The maximum absolute atomic E-state index is 10.9. The molecule has 80 valence electrons. The molecule has 3 nitrogen and oxygen atoms in total. The number of halogens is 1. The minimum absolute atomic E-state index is 0. The quantitative estimate of drug-likeness (QED) is 0.702. The Kier molecular flexibility index (Phi) is 9.74. The second-order valence-electron chi connectivity index (χ2n) is 3.25. The monoisotopic (exact) mass is 209 g/mol. The SMILES string of the molecule is CCOC(=O)CC[C@H](N)C(C)C.Cl. The number of carbonyl (C=O) groups excluding carboxylic acids is 1. The van der Waals surface area contributed by atoms with Crippen LogP contribution in [0.5, 0.6) is 0 Å². The van der Waals surface area contributed by atoms with E-state index in [2.05, 4.69) is 13.8 Å². The van der Waals surface area contributed by atoms with E-state index in [9.17, 15) is 4.79 Å². The van der Waals surface area contributed by atoms with Crippen molar-refractivity contribution < 1.29 is 9.53 Å². The van der Waals surface area contributed by atoms with Gasteiger partial charge < -0.3 is 10.5 Å². The van der Waals surface area contributed by atoms with E-state index in [0.29, 0.717) is 18.9 Å². The number of ether oxygens (including phenoxy) is 1. The molecule has 0 spiro atoms. The first-order chi connectivity index (χ1) is 5.57. The molecule has 0 saturated carbocycles. The molecular formula is C9H20ClNO2. The highest BCUT2D eigenvalue weighted by Gasteiger charge is 2.10. The van der Waals surface area contributed by atoms with Crippen LogP contribution in [-0.4, -0.2) is 18.6 Å². The lowest BCUT2D eigenvalue weighted by Gasteiger charge is -2.14. The molecule has 0 fully saturated rings. The summed E-state index contributed by atoms with van der Waals surface area (Å²) in [5.41, 5.74) is 5.75. The Bertz CT molecular complexity index is 140. The van der Waals surface area contributed by atoms with Gasteiger partial charge in [0.15, 0.2) is 0 Å².